The summed E-state index contributed by atoms with van der Waals surface area (Å²) < 4.78 is 0. The fraction of sp³-hybridized carbons (Fsp3) is 1.00. The molecule has 0 radical (unpaired) electrons. The van der Waals surface area contributed by atoms with Crippen LogP contribution < -0.4 is 10.6 Å². The third-order valence-corrected chi connectivity index (χ3v) is 3.97. The number of nitrogens with one attached hydrogen (secondary N) is 2. The van der Waals surface area contributed by atoms with Crippen molar-refractivity contribution in [1.82, 2.24) is 10.6 Å². The van der Waals surface area contributed by atoms with E-state index >= 15 is 0 Å². The Hall–Kier alpha value is -0.120. The maximum Gasteiger partial charge on any atom is 0.0801 e. The first-order valence-corrected chi connectivity index (χ1v) is 5.88. The number of hydrogen-bond acceptors (Lipinski definition) is 3. The molecule has 1 atom stereocenters. The first-order valence-electron chi connectivity index (χ1n) is 5.88. The van der Waals surface area contributed by atoms with Crippen LogP contribution in [0.5, 0.6) is 0 Å². The Kier molecular flexibility index (Phi) is 3.10. The predicted octanol–water partition coefficient (Wildman–Crippen LogP) is 0.631. The second kappa shape index (κ2) is 4.17. The molecule has 0 amide bonds. The monoisotopic (exact) mass is 198 g/mol. The van der Waals surface area contributed by atoms with Gasteiger partial charge in [0.25, 0.3) is 0 Å². The van der Waals surface area contributed by atoms with Gasteiger partial charge in [0.05, 0.1) is 5.60 Å². The van der Waals surface area contributed by atoms with Crippen molar-refractivity contribution in [2.24, 2.45) is 0 Å². The van der Waals surface area contributed by atoms with Crippen molar-refractivity contribution in [3.63, 3.8) is 0 Å². The van der Waals surface area contributed by atoms with Crippen LogP contribution >= 0.6 is 0 Å². The molecular weight excluding hydrogens is 176 g/mol. The van der Waals surface area contributed by atoms with Crippen LogP contribution in [0.15, 0.2) is 0 Å². The number of rotatable bonds is 2. The van der Waals surface area contributed by atoms with Gasteiger partial charge in [-0.3, -0.25) is 0 Å². The molecule has 14 heavy (non-hydrogen) atoms. The summed E-state index contributed by atoms with van der Waals surface area (Å²) in [5.74, 6) is 0. The molecule has 1 aliphatic carbocycles. The second-order valence-electron chi connectivity index (χ2n) is 4.82. The maximum absolute atomic E-state index is 10.5. The molecule has 0 bridgehead atoms. The summed E-state index contributed by atoms with van der Waals surface area (Å²) in [5.41, 5.74) is -0.413. The van der Waals surface area contributed by atoms with Gasteiger partial charge >= 0.3 is 0 Å². The summed E-state index contributed by atoms with van der Waals surface area (Å²) in [4.78, 5) is 0. The molecule has 1 heterocycles. The zero-order chi connectivity index (χ0) is 10.0. The van der Waals surface area contributed by atoms with Gasteiger partial charge in [-0.05, 0) is 52.1 Å². The standard InChI is InChI=1S/C11H22N2O/c1-12-9-4-6-11(14,7-5-9)10-3-2-8-13-10/h9-10,12-14H,2-8H2,1H3. The van der Waals surface area contributed by atoms with E-state index in [2.05, 4.69) is 10.6 Å². The van der Waals surface area contributed by atoms with Crippen LogP contribution in [0.25, 0.3) is 0 Å². The van der Waals surface area contributed by atoms with Crippen LogP contribution in [0, 0.1) is 0 Å². The minimum atomic E-state index is -0.413. The van der Waals surface area contributed by atoms with Crippen LogP contribution in [0.3, 0.4) is 0 Å². The van der Waals surface area contributed by atoms with Crippen molar-refractivity contribution < 1.29 is 5.11 Å². The minimum Gasteiger partial charge on any atom is -0.388 e. The van der Waals surface area contributed by atoms with Crippen molar-refractivity contribution in [2.75, 3.05) is 13.6 Å². The van der Waals surface area contributed by atoms with Crippen molar-refractivity contribution in [3.05, 3.63) is 0 Å². The molecule has 3 N–H and O–H groups in total. The highest BCUT2D eigenvalue weighted by Crippen LogP contribution is 2.34. The summed E-state index contributed by atoms with van der Waals surface area (Å²) in [5, 5.41) is 17.2. The van der Waals surface area contributed by atoms with Gasteiger partial charge in [0.2, 0.25) is 0 Å². The molecule has 2 fully saturated rings. The largest absolute Gasteiger partial charge is 0.388 e. The van der Waals surface area contributed by atoms with Crippen molar-refractivity contribution in [3.8, 4) is 0 Å². The lowest BCUT2D eigenvalue weighted by molar-refractivity contribution is -0.0308. The normalized spacial score (nSPS) is 44.1. The van der Waals surface area contributed by atoms with Crippen LogP contribution in [-0.2, 0) is 0 Å². The molecule has 0 aromatic heterocycles. The highest BCUT2D eigenvalue weighted by Gasteiger charge is 2.40. The van der Waals surface area contributed by atoms with Crippen LogP contribution in [-0.4, -0.2) is 36.4 Å². The summed E-state index contributed by atoms with van der Waals surface area (Å²) >= 11 is 0. The Labute approximate surface area is 86.3 Å². The Bertz CT molecular complexity index is 182. The van der Waals surface area contributed by atoms with E-state index in [1.54, 1.807) is 0 Å². The molecule has 3 heteroatoms. The SMILES string of the molecule is CNC1CCC(O)(C2CCCN2)CC1. The molecule has 1 saturated carbocycles. The Morgan fingerprint density at radius 2 is 2.00 bits per heavy atom. The molecular formula is C11H22N2O. The molecule has 1 aliphatic heterocycles. The minimum absolute atomic E-state index is 0.361. The Morgan fingerprint density at radius 3 is 2.50 bits per heavy atom. The summed E-state index contributed by atoms with van der Waals surface area (Å²) in [6.07, 6.45) is 6.52. The molecule has 82 valence electrons. The second-order valence-corrected chi connectivity index (χ2v) is 4.82. The van der Waals surface area contributed by atoms with Gasteiger partial charge < -0.3 is 15.7 Å². The summed E-state index contributed by atoms with van der Waals surface area (Å²) in [7, 11) is 2.02. The summed E-state index contributed by atoms with van der Waals surface area (Å²) in [6.45, 7) is 1.09. The molecule has 0 aromatic carbocycles. The molecule has 1 saturated heterocycles. The lowest BCUT2D eigenvalue weighted by Gasteiger charge is -2.40. The van der Waals surface area contributed by atoms with E-state index in [1.807, 2.05) is 7.05 Å². The first kappa shape index (κ1) is 10.4. The van der Waals surface area contributed by atoms with Gasteiger partial charge in [0, 0.05) is 12.1 Å². The fourth-order valence-electron chi connectivity index (χ4n) is 2.90. The van der Waals surface area contributed by atoms with Gasteiger partial charge in [0.1, 0.15) is 0 Å². The van der Waals surface area contributed by atoms with Gasteiger partial charge in [0.15, 0.2) is 0 Å². The quantitative estimate of drug-likeness (QED) is 0.610. The third kappa shape index (κ3) is 1.95. The third-order valence-electron chi connectivity index (χ3n) is 3.97. The van der Waals surface area contributed by atoms with Gasteiger partial charge in [-0.25, -0.2) is 0 Å². The van der Waals surface area contributed by atoms with Crippen LogP contribution in [0.4, 0.5) is 0 Å². The van der Waals surface area contributed by atoms with Gasteiger partial charge in [-0.2, -0.15) is 0 Å². The van der Waals surface area contributed by atoms with E-state index in [0.29, 0.717) is 12.1 Å². The van der Waals surface area contributed by atoms with E-state index in [4.69, 9.17) is 0 Å². The van der Waals surface area contributed by atoms with E-state index in [0.717, 1.165) is 38.6 Å². The van der Waals surface area contributed by atoms with E-state index in [-0.39, 0.29) is 0 Å². The highest BCUT2D eigenvalue weighted by molar-refractivity contribution is 4.98. The summed E-state index contributed by atoms with van der Waals surface area (Å²) in [6, 6.07) is 0.983. The zero-order valence-corrected chi connectivity index (χ0v) is 9.05. The topological polar surface area (TPSA) is 44.3 Å². The van der Waals surface area contributed by atoms with E-state index < -0.39 is 5.60 Å². The molecule has 3 nitrogen and oxygen atoms in total. The zero-order valence-electron chi connectivity index (χ0n) is 9.05. The van der Waals surface area contributed by atoms with Gasteiger partial charge in [-0.15, -0.1) is 0 Å². The van der Waals surface area contributed by atoms with Crippen LogP contribution in [0.2, 0.25) is 0 Å². The highest BCUT2D eigenvalue weighted by atomic mass is 16.3. The van der Waals surface area contributed by atoms with Crippen molar-refractivity contribution in [2.45, 2.75) is 56.2 Å². The van der Waals surface area contributed by atoms with Crippen molar-refractivity contribution in [1.29, 1.82) is 0 Å². The van der Waals surface area contributed by atoms with E-state index in [9.17, 15) is 5.11 Å². The number of hydrogen-bond donors (Lipinski definition) is 3. The molecule has 1 unspecified atom stereocenters. The molecule has 0 spiro atoms. The first-order chi connectivity index (χ1) is 6.74. The molecule has 2 aliphatic rings. The lowest BCUT2D eigenvalue weighted by atomic mass is 9.77. The predicted molar refractivity (Wildman–Crippen MR) is 57.3 cm³/mol. The van der Waals surface area contributed by atoms with E-state index in [1.165, 1.54) is 6.42 Å². The van der Waals surface area contributed by atoms with Crippen molar-refractivity contribution >= 4 is 0 Å². The maximum atomic E-state index is 10.5. The average molecular weight is 198 g/mol. The smallest absolute Gasteiger partial charge is 0.0801 e. The molecule has 2 rings (SSSR count). The van der Waals surface area contributed by atoms with Crippen LogP contribution in [0.1, 0.15) is 38.5 Å². The Morgan fingerprint density at radius 1 is 1.29 bits per heavy atom. The average Bonchev–Trinajstić information content (AvgIpc) is 2.72. The molecule has 0 aromatic rings. The number of aliphatic hydroxyl groups is 1. The van der Waals surface area contributed by atoms with Gasteiger partial charge in [-0.1, -0.05) is 0 Å². The Balaban J connectivity index is 1.90. The fourth-order valence-corrected chi connectivity index (χ4v) is 2.90. The lowest BCUT2D eigenvalue weighted by Crippen LogP contribution is -2.51.